The summed E-state index contributed by atoms with van der Waals surface area (Å²) in [5, 5.41) is 4.41. The van der Waals surface area contributed by atoms with Crippen LogP contribution in [-0.4, -0.2) is 66.6 Å². The van der Waals surface area contributed by atoms with Gasteiger partial charge in [-0.05, 0) is 62.5 Å². The summed E-state index contributed by atoms with van der Waals surface area (Å²) >= 11 is 0. The summed E-state index contributed by atoms with van der Waals surface area (Å²) in [6.45, 7) is 13.7. The van der Waals surface area contributed by atoms with Crippen molar-refractivity contribution < 1.29 is 4.39 Å². The van der Waals surface area contributed by atoms with E-state index < -0.39 is 0 Å². The number of fused-ring (bicyclic) bond motifs is 1. The molecule has 1 saturated heterocycles. The molecule has 1 aliphatic rings. The maximum atomic E-state index is 13.6. The van der Waals surface area contributed by atoms with Crippen molar-refractivity contribution in [3.05, 3.63) is 35.8 Å². The first-order valence-corrected chi connectivity index (χ1v) is 10.7. The smallest absolute Gasteiger partial charge is 0.193 e. The van der Waals surface area contributed by atoms with Crippen molar-refractivity contribution in [3.8, 4) is 0 Å². The zero-order valence-corrected chi connectivity index (χ0v) is 17.5. The van der Waals surface area contributed by atoms with E-state index in [2.05, 4.69) is 40.9 Å². The van der Waals surface area contributed by atoms with Crippen molar-refractivity contribution in [1.82, 2.24) is 20.1 Å². The molecular weight excluding hydrogens is 353 g/mol. The molecule has 1 aliphatic heterocycles. The largest absolute Gasteiger partial charge is 0.361 e. The fourth-order valence-corrected chi connectivity index (χ4v) is 4.09. The lowest BCUT2D eigenvalue weighted by molar-refractivity contribution is 0.255. The number of likely N-dealkylation sites (tertiary alicyclic amines) is 1. The molecule has 28 heavy (non-hydrogen) atoms. The second-order valence-corrected chi connectivity index (χ2v) is 7.58. The number of benzene rings is 1. The average molecular weight is 388 g/mol. The predicted molar refractivity (Wildman–Crippen MR) is 115 cm³/mol. The molecule has 3 rings (SSSR count). The number of aromatic nitrogens is 1. The van der Waals surface area contributed by atoms with E-state index in [1.165, 1.54) is 19.0 Å². The lowest BCUT2D eigenvalue weighted by Gasteiger charge is -2.24. The Hall–Kier alpha value is -2.08. The summed E-state index contributed by atoms with van der Waals surface area (Å²) in [5.41, 5.74) is 2.10. The number of aliphatic imine (C=N–C) groups is 1. The third-order valence-electron chi connectivity index (χ3n) is 5.70. The van der Waals surface area contributed by atoms with E-state index in [1.54, 1.807) is 12.1 Å². The van der Waals surface area contributed by atoms with Crippen molar-refractivity contribution in [2.24, 2.45) is 10.9 Å². The standard InChI is InChI=1S/C22H34FN5/c1-4-24-22(28-12-10-17(16-28)15-27(5-2)6-3)25-11-9-18-14-26-21-8-7-19(23)13-20(18)21/h7-8,13-14,17,26H,4-6,9-12,15-16H2,1-3H3,(H,24,25). The number of H-pyrrole nitrogens is 1. The van der Waals surface area contributed by atoms with Crippen LogP contribution >= 0.6 is 0 Å². The highest BCUT2D eigenvalue weighted by Gasteiger charge is 2.25. The molecule has 0 radical (unpaired) electrons. The summed E-state index contributed by atoms with van der Waals surface area (Å²) in [6, 6.07) is 4.89. The topological polar surface area (TPSA) is 46.7 Å². The maximum Gasteiger partial charge on any atom is 0.193 e. The van der Waals surface area contributed by atoms with E-state index in [-0.39, 0.29) is 5.82 Å². The van der Waals surface area contributed by atoms with Gasteiger partial charge < -0.3 is 20.1 Å². The first-order chi connectivity index (χ1) is 13.6. The summed E-state index contributed by atoms with van der Waals surface area (Å²) in [4.78, 5) is 13.0. The fraction of sp³-hybridized carbons (Fsp3) is 0.591. The number of guanidine groups is 1. The van der Waals surface area contributed by atoms with E-state index in [0.717, 1.165) is 61.6 Å². The Balaban J connectivity index is 1.60. The molecule has 2 aromatic rings. The Morgan fingerprint density at radius 3 is 2.89 bits per heavy atom. The maximum absolute atomic E-state index is 13.6. The molecule has 1 atom stereocenters. The SMILES string of the molecule is CCNC(=NCCc1c[nH]c2ccc(F)cc12)N1CCC(CN(CC)CC)C1. The number of aromatic amines is 1. The summed E-state index contributed by atoms with van der Waals surface area (Å²) < 4.78 is 13.6. The normalized spacial score (nSPS) is 17.8. The molecule has 0 spiro atoms. The van der Waals surface area contributed by atoms with Crippen molar-refractivity contribution in [3.63, 3.8) is 0 Å². The van der Waals surface area contributed by atoms with Gasteiger partial charge in [-0.15, -0.1) is 0 Å². The lowest BCUT2D eigenvalue weighted by Crippen LogP contribution is -2.41. The van der Waals surface area contributed by atoms with Crippen LogP contribution in [0.3, 0.4) is 0 Å². The van der Waals surface area contributed by atoms with Gasteiger partial charge in [0.25, 0.3) is 0 Å². The van der Waals surface area contributed by atoms with Crippen LogP contribution in [0.1, 0.15) is 32.8 Å². The van der Waals surface area contributed by atoms with Crippen LogP contribution in [0.25, 0.3) is 10.9 Å². The monoisotopic (exact) mass is 387 g/mol. The Morgan fingerprint density at radius 1 is 1.32 bits per heavy atom. The number of halogens is 1. The van der Waals surface area contributed by atoms with Crippen molar-refractivity contribution in [1.29, 1.82) is 0 Å². The van der Waals surface area contributed by atoms with Crippen LogP contribution in [0, 0.1) is 11.7 Å². The molecule has 0 amide bonds. The second kappa shape index (κ2) is 9.92. The number of nitrogens with one attached hydrogen (secondary N) is 2. The first kappa shape index (κ1) is 20.6. The number of hydrogen-bond acceptors (Lipinski definition) is 2. The molecule has 0 bridgehead atoms. The van der Waals surface area contributed by atoms with Gasteiger partial charge in [0, 0.05) is 49.8 Å². The molecule has 0 aliphatic carbocycles. The highest BCUT2D eigenvalue weighted by molar-refractivity contribution is 5.83. The van der Waals surface area contributed by atoms with Crippen molar-refractivity contribution in [2.75, 3.05) is 45.8 Å². The van der Waals surface area contributed by atoms with Gasteiger partial charge in [0.1, 0.15) is 5.82 Å². The molecule has 1 aromatic heterocycles. The van der Waals surface area contributed by atoms with Gasteiger partial charge in [0.2, 0.25) is 0 Å². The minimum Gasteiger partial charge on any atom is -0.361 e. The van der Waals surface area contributed by atoms with E-state index in [4.69, 9.17) is 4.99 Å². The van der Waals surface area contributed by atoms with Crippen molar-refractivity contribution in [2.45, 2.75) is 33.6 Å². The van der Waals surface area contributed by atoms with Crippen LogP contribution in [0.15, 0.2) is 29.4 Å². The second-order valence-electron chi connectivity index (χ2n) is 7.58. The number of rotatable bonds is 8. The van der Waals surface area contributed by atoms with E-state index in [1.807, 2.05) is 6.20 Å². The van der Waals surface area contributed by atoms with Gasteiger partial charge in [0.05, 0.1) is 0 Å². The molecule has 2 heterocycles. The Kier molecular flexibility index (Phi) is 7.31. The van der Waals surface area contributed by atoms with Crippen LogP contribution < -0.4 is 5.32 Å². The molecule has 0 saturated carbocycles. The summed E-state index contributed by atoms with van der Waals surface area (Å²) in [5.74, 6) is 1.53. The van der Waals surface area contributed by atoms with Crippen molar-refractivity contribution >= 4 is 16.9 Å². The van der Waals surface area contributed by atoms with Gasteiger partial charge in [-0.3, -0.25) is 4.99 Å². The van der Waals surface area contributed by atoms with Crippen LogP contribution in [-0.2, 0) is 6.42 Å². The fourth-order valence-electron chi connectivity index (χ4n) is 4.09. The van der Waals surface area contributed by atoms with Gasteiger partial charge in [-0.1, -0.05) is 13.8 Å². The Labute approximate surface area is 168 Å². The van der Waals surface area contributed by atoms with E-state index in [0.29, 0.717) is 12.5 Å². The molecule has 5 nitrogen and oxygen atoms in total. The molecule has 2 N–H and O–H groups in total. The Bertz CT molecular complexity index is 780. The van der Waals surface area contributed by atoms with Gasteiger partial charge >= 0.3 is 0 Å². The third-order valence-corrected chi connectivity index (χ3v) is 5.70. The van der Waals surface area contributed by atoms with Gasteiger partial charge in [0.15, 0.2) is 5.96 Å². The molecule has 1 fully saturated rings. The minimum atomic E-state index is -0.193. The average Bonchev–Trinajstić information content (AvgIpc) is 3.32. The molecule has 1 aromatic carbocycles. The highest BCUT2D eigenvalue weighted by atomic mass is 19.1. The number of hydrogen-bond donors (Lipinski definition) is 2. The summed E-state index contributed by atoms with van der Waals surface area (Å²) in [6.07, 6.45) is 4.00. The van der Waals surface area contributed by atoms with Gasteiger partial charge in [-0.25, -0.2) is 4.39 Å². The lowest BCUT2D eigenvalue weighted by atomic mass is 10.1. The van der Waals surface area contributed by atoms with Crippen LogP contribution in [0.5, 0.6) is 0 Å². The van der Waals surface area contributed by atoms with Gasteiger partial charge in [-0.2, -0.15) is 0 Å². The molecule has 154 valence electrons. The molecule has 1 unspecified atom stereocenters. The summed E-state index contributed by atoms with van der Waals surface area (Å²) in [7, 11) is 0. The molecule has 6 heteroatoms. The van der Waals surface area contributed by atoms with Crippen LogP contribution in [0.4, 0.5) is 4.39 Å². The van der Waals surface area contributed by atoms with E-state index >= 15 is 0 Å². The Morgan fingerprint density at radius 2 is 2.14 bits per heavy atom. The predicted octanol–water partition coefficient (Wildman–Crippen LogP) is 3.48. The van der Waals surface area contributed by atoms with E-state index in [9.17, 15) is 4.39 Å². The number of nitrogens with zero attached hydrogens (tertiary/aromatic N) is 3. The third kappa shape index (κ3) is 5.04. The zero-order valence-electron chi connectivity index (χ0n) is 17.5. The van der Waals surface area contributed by atoms with Crippen LogP contribution in [0.2, 0.25) is 0 Å². The zero-order chi connectivity index (χ0) is 19.9. The minimum absolute atomic E-state index is 0.193. The quantitative estimate of drug-likeness (QED) is 0.538. The highest BCUT2D eigenvalue weighted by Crippen LogP contribution is 2.20. The first-order valence-electron chi connectivity index (χ1n) is 10.7. The molecular formula is C22H34FN5.